The molecule has 116 valence electrons. The molecule has 0 atom stereocenters. The van der Waals surface area contributed by atoms with Gasteiger partial charge in [-0.3, -0.25) is 4.79 Å². The fourth-order valence-corrected chi connectivity index (χ4v) is 2.90. The van der Waals surface area contributed by atoms with Crippen LogP contribution in [0.2, 0.25) is 0 Å². The first-order chi connectivity index (χ1) is 10.1. The molecule has 0 radical (unpaired) electrons. The van der Waals surface area contributed by atoms with Gasteiger partial charge in [-0.25, -0.2) is 0 Å². The summed E-state index contributed by atoms with van der Waals surface area (Å²) in [5.74, 6) is 1.39. The molecule has 4 heteroatoms. The quantitative estimate of drug-likeness (QED) is 0.783. The molecular formula is C17H25NO3. The highest BCUT2D eigenvalue weighted by Crippen LogP contribution is 2.33. The predicted octanol–water partition coefficient (Wildman–Crippen LogP) is 3.33. The SMILES string of the molecule is CCOc1ccc(C(=O)CC2(N)CCCC2)cc1OCC. The van der Waals surface area contributed by atoms with E-state index in [0.29, 0.717) is 36.7 Å². The Morgan fingerprint density at radius 3 is 2.38 bits per heavy atom. The van der Waals surface area contributed by atoms with Gasteiger partial charge in [-0.05, 0) is 44.9 Å². The molecule has 1 saturated carbocycles. The van der Waals surface area contributed by atoms with E-state index in [1.165, 1.54) is 0 Å². The average molecular weight is 291 g/mol. The number of nitrogens with two attached hydrogens (primary N) is 1. The minimum Gasteiger partial charge on any atom is -0.490 e. The van der Waals surface area contributed by atoms with Crippen molar-refractivity contribution in [2.75, 3.05) is 13.2 Å². The van der Waals surface area contributed by atoms with E-state index in [9.17, 15) is 4.79 Å². The van der Waals surface area contributed by atoms with Crippen LogP contribution in [0.25, 0.3) is 0 Å². The van der Waals surface area contributed by atoms with Crippen molar-refractivity contribution in [3.8, 4) is 11.5 Å². The molecule has 1 aliphatic rings. The number of ether oxygens (including phenoxy) is 2. The van der Waals surface area contributed by atoms with Gasteiger partial charge in [0.1, 0.15) is 0 Å². The van der Waals surface area contributed by atoms with Crippen molar-refractivity contribution in [3.63, 3.8) is 0 Å². The third-order valence-electron chi connectivity index (χ3n) is 3.98. The number of ketones is 1. The average Bonchev–Trinajstić information content (AvgIpc) is 2.87. The molecule has 0 bridgehead atoms. The summed E-state index contributed by atoms with van der Waals surface area (Å²) in [5.41, 5.74) is 6.63. The van der Waals surface area contributed by atoms with Crippen LogP contribution in [0, 0.1) is 0 Å². The maximum atomic E-state index is 12.5. The number of benzene rings is 1. The molecule has 1 fully saturated rings. The lowest BCUT2D eigenvalue weighted by Crippen LogP contribution is -2.38. The molecule has 1 aromatic carbocycles. The first kappa shape index (κ1) is 15.8. The summed E-state index contributed by atoms with van der Waals surface area (Å²) in [4.78, 5) is 12.5. The summed E-state index contributed by atoms with van der Waals surface area (Å²) in [5, 5.41) is 0. The first-order valence-electron chi connectivity index (χ1n) is 7.79. The van der Waals surface area contributed by atoms with E-state index in [-0.39, 0.29) is 11.3 Å². The maximum absolute atomic E-state index is 12.5. The van der Waals surface area contributed by atoms with Gasteiger partial charge in [0.2, 0.25) is 0 Å². The minimum absolute atomic E-state index is 0.0865. The topological polar surface area (TPSA) is 61.5 Å². The molecule has 2 rings (SSSR count). The standard InChI is InChI=1S/C17H25NO3/c1-3-20-15-8-7-13(11-16(15)21-4-2)14(19)12-17(18)9-5-6-10-17/h7-8,11H,3-6,9-10,12,18H2,1-2H3. The number of rotatable bonds is 7. The van der Waals surface area contributed by atoms with Crippen molar-refractivity contribution in [2.45, 2.75) is 51.5 Å². The Morgan fingerprint density at radius 2 is 1.76 bits per heavy atom. The van der Waals surface area contributed by atoms with E-state index in [0.717, 1.165) is 25.7 Å². The molecule has 21 heavy (non-hydrogen) atoms. The summed E-state index contributed by atoms with van der Waals surface area (Å²) in [6.07, 6.45) is 4.53. The van der Waals surface area contributed by atoms with Crippen LogP contribution in [0.1, 0.15) is 56.3 Å². The first-order valence-corrected chi connectivity index (χ1v) is 7.79. The summed E-state index contributed by atoms with van der Waals surface area (Å²) >= 11 is 0. The molecule has 2 N–H and O–H groups in total. The van der Waals surface area contributed by atoms with Gasteiger partial charge in [-0.2, -0.15) is 0 Å². The zero-order valence-corrected chi connectivity index (χ0v) is 13.0. The summed E-state index contributed by atoms with van der Waals surface area (Å²) < 4.78 is 11.1. The molecule has 0 saturated heterocycles. The van der Waals surface area contributed by atoms with E-state index < -0.39 is 0 Å². The second kappa shape index (κ2) is 6.94. The number of carbonyl (C=O) groups excluding carboxylic acids is 1. The van der Waals surface area contributed by atoms with Crippen LogP contribution in [-0.4, -0.2) is 24.5 Å². The molecule has 0 spiro atoms. The van der Waals surface area contributed by atoms with Crippen molar-refractivity contribution in [1.29, 1.82) is 0 Å². The van der Waals surface area contributed by atoms with Crippen LogP contribution >= 0.6 is 0 Å². The third-order valence-corrected chi connectivity index (χ3v) is 3.98. The summed E-state index contributed by atoms with van der Waals surface area (Å²) in [6.45, 7) is 4.95. The molecular weight excluding hydrogens is 266 g/mol. The Labute approximate surface area is 126 Å². The molecule has 4 nitrogen and oxygen atoms in total. The van der Waals surface area contributed by atoms with Gasteiger partial charge in [0.05, 0.1) is 13.2 Å². The van der Waals surface area contributed by atoms with Gasteiger partial charge >= 0.3 is 0 Å². The van der Waals surface area contributed by atoms with Crippen LogP contribution in [0.15, 0.2) is 18.2 Å². The van der Waals surface area contributed by atoms with E-state index >= 15 is 0 Å². The molecule has 0 unspecified atom stereocenters. The maximum Gasteiger partial charge on any atom is 0.164 e. The molecule has 0 heterocycles. The minimum atomic E-state index is -0.318. The fourth-order valence-electron chi connectivity index (χ4n) is 2.90. The van der Waals surface area contributed by atoms with Crippen LogP contribution in [-0.2, 0) is 0 Å². The second-order valence-corrected chi connectivity index (χ2v) is 5.70. The normalized spacial score (nSPS) is 16.7. The van der Waals surface area contributed by atoms with Crippen molar-refractivity contribution in [3.05, 3.63) is 23.8 Å². The molecule has 0 aromatic heterocycles. The van der Waals surface area contributed by atoms with Crippen molar-refractivity contribution in [2.24, 2.45) is 5.73 Å². The summed E-state index contributed by atoms with van der Waals surface area (Å²) in [7, 11) is 0. The number of carbonyl (C=O) groups is 1. The zero-order chi connectivity index (χ0) is 15.3. The highest BCUT2D eigenvalue weighted by Gasteiger charge is 2.32. The van der Waals surface area contributed by atoms with Gasteiger partial charge < -0.3 is 15.2 Å². The highest BCUT2D eigenvalue weighted by molar-refractivity contribution is 5.97. The molecule has 1 aromatic rings. The van der Waals surface area contributed by atoms with Gasteiger partial charge in [-0.15, -0.1) is 0 Å². The third kappa shape index (κ3) is 3.97. The molecule has 1 aliphatic carbocycles. The second-order valence-electron chi connectivity index (χ2n) is 5.70. The Bertz CT molecular complexity index is 493. The zero-order valence-electron chi connectivity index (χ0n) is 13.0. The lowest BCUT2D eigenvalue weighted by molar-refractivity contribution is 0.0952. The summed E-state index contributed by atoms with van der Waals surface area (Å²) in [6, 6.07) is 5.38. The van der Waals surface area contributed by atoms with Gasteiger partial charge in [-0.1, -0.05) is 12.8 Å². The van der Waals surface area contributed by atoms with Crippen LogP contribution in [0.5, 0.6) is 11.5 Å². The van der Waals surface area contributed by atoms with E-state index in [1.807, 2.05) is 13.8 Å². The Morgan fingerprint density at radius 1 is 1.14 bits per heavy atom. The number of hydrogen-bond donors (Lipinski definition) is 1. The Kier molecular flexibility index (Phi) is 5.23. The number of hydrogen-bond acceptors (Lipinski definition) is 4. The van der Waals surface area contributed by atoms with Crippen molar-refractivity contribution in [1.82, 2.24) is 0 Å². The predicted molar refractivity (Wildman–Crippen MR) is 83.1 cm³/mol. The lowest BCUT2D eigenvalue weighted by Gasteiger charge is -2.22. The lowest BCUT2D eigenvalue weighted by atomic mass is 9.90. The molecule has 0 amide bonds. The van der Waals surface area contributed by atoms with E-state index in [1.54, 1.807) is 18.2 Å². The van der Waals surface area contributed by atoms with Gasteiger partial charge in [0, 0.05) is 17.5 Å². The highest BCUT2D eigenvalue weighted by atomic mass is 16.5. The van der Waals surface area contributed by atoms with E-state index in [2.05, 4.69) is 0 Å². The van der Waals surface area contributed by atoms with Crippen molar-refractivity contribution >= 4 is 5.78 Å². The fraction of sp³-hybridized carbons (Fsp3) is 0.588. The van der Waals surface area contributed by atoms with Gasteiger partial charge in [0.25, 0.3) is 0 Å². The smallest absolute Gasteiger partial charge is 0.164 e. The van der Waals surface area contributed by atoms with Gasteiger partial charge in [0.15, 0.2) is 17.3 Å². The van der Waals surface area contributed by atoms with Crippen LogP contribution < -0.4 is 15.2 Å². The van der Waals surface area contributed by atoms with Crippen molar-refractivity contribution < 1.29 is 14.3 Å². The number of Topliss-reactive ketones (excluding diaryl/α,β-unsaturated/α-hetero) is 1. The Hall–Kier alpha value is -1.55. The molecule has 0 aliphatic heterocycles. The Balaban J connectivity index is 2.15. The largest absolute Gasteiger partial charge is 0.490 e. The van der Waals surface area contributed by atoms with E-state index in [4.69, 9.17) is 15.2 Å². The van der Waals surface area contributed by atoms with Crippen LogP contribution in [0.3, 0.4) is 0 Å². The monoisotopic (exact) mass is 291 g/mol. The van der Waals surface area contributed by atoms with Crippen LogP contribution in [0.4, 0.5) is 0 Å².